The first-order valence-electron chi connectivity index (χ1n) is 6.68. The number of nitrogens with one attached hydrogen (secondary N) is 2. The monoisotopic (exact) mass is 249 g/mol. The van der Waals surface area contributed by atoms with Crippen molar-refractivity contribution in [3.63, 3.8) is 0 Å². The highest BCUT2D eigenvalue weighted by molar-refractivity contribution is 5.57. The molecule has 0 bridgehead atoms. The molecule has 18 heavy (non-hydrogen) atoms. The van der Waals surface area contributed by atoms with Crippen LogP contribution in [0.5, 0.6) is 0 Å². The first-order valence-corrected chi connectivity index (χ1v) is 6.68. The summed E-state index contributed by atoms with van der Waals surface area (Å²) in [5.41, 5.74) is 4.34. The summed E-state index contributed by atoms with van der Waals surface area (Å²) in [7, 11) is 3.94. The Kier molecular flexibility index (Phi) is 4.01. The van der Waals surface area contributed by atoms with E-state index < -0.39 is 0 Å². The van der Waals surface area contributed by atoms with Crippen LogP contribution in [0, 0.1) is 6.92 Å². The maximum atomic E-state index is 4.66. The Labute approximate surface area is 109 Å². The van der Waals surface area contributed by atoms with Gasteiger partial charge in [0.15, 0.2) is 0 Å². The van der Waals surface area contributed by atoms with Gasteiger partial charge in [0.1, 0.15) is 17.5 Å². The van der Waals surface area contributed by atoms with Crippen LogP contribution in [-0.2, 0) is 0 Å². The van der Waals surface area contributed by atoms with Gasteiger partial charge in [0, 0.05) is 32.1 Å². The molecule has 0 aromatic carbocycles. The largest absolute Gasteiger partial charge is 0.370 e. The second-order valence-corrected chi connectivity index (χ2v) is 5.11. The Morgan fingerprint density at radius 2 is 1.89 bits per heavy atom. The van der Waals surface area contributed by atoms with Crippen LogP contribution in [0.3, 0.4) is 0 Å². The third kappa shape index (κ3) is 3.10. The fraction of sp³-hybridized carbons (Fsp3) is 0.692. The Morgan fingerprint density at radius 1 is 1.22 bits per heavy atom. The first kappa shape index (κ1) is 13.1. The van der Waals surface area contributed by atoms with E-state index in [9.17, 15) is 0 Å². The highest BCUT2D eigenvalue weighted by Gasteiger charge is 2.28. The average molecular weight is 249 g/mol. The number of rotatable bonds is 6. The van der Waals surface area contributed by atoms with E-state index in [2.05, 4.69) is 34.6 Å². The topological polar surface area (TPSA) is 53.1 Å². The molecular weight excluding hydrogens is 226 g/mol. The Hall–Kier alpha value is -1.36. The molecule has 1 saturated carbocycles. The van der Waals surface area contributed by atoms with Gasteiger partial charge in [0.2, 0.25) is 0 Å². The Morgan fingerprint density at radius 3 is 2.44 bits per heavy atom. The van der Waals surface area contributed by atoms with Crippen molar-refractivity contribution in [3.05, 3.63) is 11.4 Å². The van der Waals surface area contributed by atoms with Gasteiger partial charge >= 0.3 is 0 Å². The van der Waals surface area contributed by atoms with Crippen LogP contribution in [0.2, 0.25) is 0 Å². The van der Waals surface area contributed by atoms with Crippen molar-refractivity contribution in [1.29, 1.82) is 0 Å². The van der Waals surface area contributed by atoms with Crippen LogP contribution in [0.15, 0.2) is 0 Å². The zero-order valence-electron chi connectivity index (χ0n) is 11.7. The number of hydrogen-bond acceptors (Lipinski definition) is 5. The predicted molar refractivity (Wildman–Crippen MR) is 74.8 cm³/mol. The van der Waals surface area contributed by atoms with E-state index in [1.54, 1.807) is 0 Å². The summed E-state index contributed by atoms with van der Waals surface area (Å²) in [6.45, 7) is 5.16. The van der Waals surface area contributed by atoms with E-state index >= 15 is 0 Å². The molecule has 0 radical (unpaired) electrons. The molecule has 1 heterocycles. The van der Waals surface area contributed by atoms with Gasteiger partial charge < -0.3 is 10.7 Å². The zero-order chi connectivity index (χ0) is 13.1. The molecule has 100 valence electrons. The van der Waals surface area contributed by atoms with Gasteiger partial charge in [-0.15, -0.1) is 0 Å². The van der Waals surface area contributed by atoms with E-state index in [1.165, 1.54) is 12.8 Å². The van der Waals surface area contributed by atoms with Gasteiger partial charge in [0.25, 0.3) is 0 Å². The molecule has 0 atom stereocenters. The Balaban J connectivity index is 2.28. The molecule has 1 fully saturated rings. The molecule has 0 saturated heterocycles. The van der Waals surface area contributed by atoms with E-state index in [0.717, 1.165) is 36.0 Å². The minimum absolute atomic E-state index is 0.565. The van der Waals surface area contributed by atoms with Crippen LogP contribution in [0.25, 0.3) is 0 Å². The molecule has 1 aromatic rings. The molecule has 1 aromatic heterocycles. The van der Waals surface area contributed by atoms with Crippen molar-refractivity contribution in [3.8, 4) is 0 Å². The van der Waals surface area contributed by atoms with Crippen molar-refractivity contribution in [2.45, 2.75) is 39.0 Å². The first-order chi connectivity index (χ1) is 8.61. The van der Waals surface area contributed by atoms with Crippen LogP contribution in [-0.4, -0.2) is 35.6 Å². The number of hydrogen-bond donors (Lipinski definition) is 2. The van der Waals surface area contributed by atoms with Crippen LogP contribution in [0.4, 0.5) is 11.6 Å². The van der Waals surface area contributed by atoms with Crippen LogP contribution < -0.4 is 10.7 Å². The minimum Gasteiger partial charge on any atom is -0.370 e. The maximum absolute atomic E-state index is 4.66. The second-order valence-electron chi connectivity index (χ2n) is 5.11. The van der Waals surface area contributed by atoms with E-state index in [-0.39, 0.29) is 0 Å². The maximum Gasteiger partial charge on any atom is 0.149 e. The minimum atomic E-state index is 0.565. The van der Waals surface area contributed by atoms with E-state index in [4.69, 9.17) is 0 Å². The summed E-state index contributed by atoms with van der Waals surface area (Å²) in [6, 6.07) is 0. The molecule has 2 N–H and O–H groups in total. The van der Waals surface area contributed by atoms with Gasteiger partial charge in [0.05, 0.1) is 0 Å². The van der Waals surface area contributed by atoms with Crippen molar-refractivity contribution >= 4 is 11.6 Å². The lowest BCUT2D eigenvalue weighted by molar-refractivity contribution is 0.491. The fourth-order valence-electron chi connectivity index (χ4n) is 1.79. The van der Waals surface area contributed by atoms with Gasteiger partial charge in [-0.3, -0.25) is 0 Å². The molecule has 5 heteroatoms. The third-order valence-corrected chi connectivity index (χ3v) is 2.98. The normalized spacial score (nSPS) is 14.9. The lowest BCUT2D eigenvalue weighted by atomic mass is 10.2. The quantitative estimate of drug-likeness (QED) is 0.758. The van der Waals surface area contributed by atoms with Crippen molar-refractivity contribution < 1.29 is 0 Å². The number of anilines is 2. The SMILES string of the molecule is CCCNc1nc(C2CC2)nc(NN(C)C)c1C. The average Bonchev–Trinajstić information content (AvgIpc) is 3.13. The third-order valence-electron chi connectivity index (χ3n) is 2.98. The van der Waals surface area contributed by atoms with Crippen molar-refractivity contribution in [2.24, 2.45) is 0 Å². The van der Waals surface area contributed by atoms with Crippen LogP contribution >= 0.6 is 0 Å². The van der Waals surface area contributed by atoms with Gasteiger partial charge in [-0.1, -0.05) is 6.92 Å². The zero-order valence-corrected chi connectivity index (χ0v) is 11.7. The number of nitrogens with zero attached hydrogens (tertiary/aromatic N) is 3. The highest BCUT2D eigenvalue weighted by atomic mass is 15.5. The highest BCUT2D eigenvalue weighted by Crippen LogP contribution is 2.39. The molecular formula is C13H23N5. The van der Waals surface area contributed by atoms with E-state index in [0.29, 0.717) is 5.92 Å². The summed E-state index contributed by atoms with van der Waals surface area (Å²) in [6.07, 6.45) is 3.54. The lowest BCUT2D eigenvalue weighted by Crippen LogP contribution is -2.22. The van der Waals surface area contributed by atoms with Gasteiger partial charge in [-0.05, 0) is 26.2 Å². The fourth-order valence-corrected chi connectivity index (χ4v) is 1.79. The molecule has 0 spiro atoms. The summed E-state index contributed by atoms with van der Waals surface area (Å²) < 4.78 is 0. The standard InChI is InChI=1S/C13H23N5/c1-5-8-14-11-9(2)12(17-18(3)4)16-13(15-11)10-6-7-10/h10H,5-8H2,1-4H3,(H2,14,15,16,17). The molecule has 2 rings (SSSR count). The predicted octanol–water partition coefficient (Wildman–Crippen LogP) is 2.37. The Bertz CT molecular complexity index is 412. The molecule has 1 aliphatic carbocycles. The molecule has 0 unspecified atom stereocenters. The second kappa shape index (κ2) is 5.52. The van der Waals surface area contributed by atoms with Gasteiger partial charge in [-0.25, -0.2) is 15.0 Å². The van der Waals surface area contributed by atoms with Gasteiger partial charge in [-0.2, -0.15) is 0 Å². The summed E-state index contributed by atoms with van der Waals surface area (Å²) in [5.74, 6) is 3.42. The summed E-state index contributed by atoms with van der Waals surface area (Å²) in [4.78, 5) is 9.30. The molecule has 5 nitrogen and oxygen atoms in total. The lowest BCUT2D eigenvalue weighted by Gasteiger charge is -2.18. The smallest absolute Gasteiger partial charge is 0.149 e. The van der Waals surface area contributed by atoms with E-state index in [1.807, 2.05) is 19.1 Å². The molecule has 0 aliphatic heterocycles. The molecule has 0 amide bonds. The summed E-state index contributed by atoms with van der Waals surface area (Å²) in [5, 5.41) is 5.30. The van der Waals surface area contributed by atoms with Crippen molar-refractivity contribution in [1.82, 2.24) is 15.0 Å². The van der Waals surface area contributed by atoms with Crippen molar-refractivity contribution in [2.75, 3.05) is 31.4 Å². The molecule has 1 aliphatic rings. The number of aromatic nitrogens is 2. The number of hydrazine groups is 1. The summed E-state index contributed by atoms with van der Waals surface area (Å²) >= 11 is 0. The van der Waals surface area contributed by atoms with Crippen LogP contribution in [0.1, 0.15) is 43.5 Å².